The Morgan fingerprint density at radius 1 is 1.16 bits per heavy atom. The number of benzene rings is 1. The highest BCUT2D eigenvalue weighted by atomic mass is 127. The molecule has 2 aromatic rings. The summed E-state index contributed by atoms with van der Waals surface area (Å²) in [6, 6.07) is 13.5. The van der Waals surface area contributed by atoms with Gasteiger partial charge in [-0.1, -0.05) is 44.2 Å². The van der Waals surface area contributed by atoms with Gasteiger partial charge in [0.15, 0.2) is 5.96 Å². The molecule has 1 aliphatic heterocycles. The van der Waals surface area contributed by atoms with Crippen molar-refractivity contribution in [1.29, 1.82) is 0 Å². The highest BCUT2D eigenvalue weighted by molar-refractivity contribution is 14.0. The highest BCUT2D eigenvalue weighted by Crippen LogP contribution is 2.08. The third kappa shape index (κ3) is 8.55. The topological polar surface area (TPSA) is 70.9 Å². The van der Waals surface area contributed by atoms with E-state index in [9.17, 15) is 4.79 Å². The number of ether oxygens (including phenoxy) is 1. The predicted octanol–water partition coefficient (Wildman–Crippen LogP) is 2.54. The fraction of sp³-hybridized carbons (Fsp3) is 0.500. The normalized spacial score (nSPS) is 17.1. The second-order valence-corrected chi connectivity index (χ2v) is 8.44. The van der Waals surface area contributed by atoms with E-state index in [1.807, 2.05) is 12.3 Å². The van der Waals surface area contributed by atoms with Gasteiger partial charge in [-0.15, -0.1) is 24.0 Å². The molecule has 1 saturated heterocycles. The van der Waals surface area contributed by atoms with Crippen molar-refractivity contribution in [2.24, 2.45) is 10.9 Å². The molecule has 1 aromatic heterocycles. The first-order valence-corrected chi connectivity index (χ1v) is 11.0. The average molecular weight is 553 g/mol. The molecule has 1 aromatic carbocycles. The van der Waals surface area contributed by atoms with Crippen LogP contribution in [0.1, 0.15) is 25.0 Å². The lowest BCUT2D eigenvalue weighted by atomic mass is 10.1. The average Bonchev–Trinajstić information content (AvgIpc) is 2.76. The summed E-state index contributed by atoms with van der Waals surface area (Å²) >= 11 is 0. The fourth-order valence-electron chi connectivity index (χ4n) is 3.75. The van der Waals surface area contributed by atoms with Gasteiger partial charge < -0.3 is 19.9 Å². The number of morpholine rings is 1. The van der Waals surface area contributed by atoms with Crippen molar-refractivity contribution in [3.8, 4) is 0 Å². The van der Waals surface area contributed by atoms with Crippen LogP contribution in [0, 0.1) is 5.92 Å². The van der Waals surface area contributed by atoms with E-state index >= 15 is 0 Å². The second kappa shape index (κ2) is 13.6. The number of hydrogen-bond acceptors (Lipinski definition) is 4. The Balaban J connectivity index is 0.00000363. The summed E-state index contributed by atoms with van der Waals surface area (Å²) in [5.41, 5.74) is 2.27. The molecule has 3 rings (SSSR count). The molecule has 1 unspecified atom stereocenters. The van der Waals surface area contributed by atoms with Gasteiger partial charge >= 0.3 is 0 Å². The van der Waals surface area contributed by atoms with Crippen LogP contribution in [0.2, 0.25) is 0 Å². The van der Waals surface area contributed by atoms with Crippen LogP contribution in [0.4, 0.5) is 0 Å². The summed E-state index contributed by atoms with van der Waals surface area (Å²) in [6.07, 6.45) is 1.98. The zero-order valence-corrected chi connectivity index (χ0v) is 21.6. The molecule has 1 aliphatic rings. The minimum absolute atomic E-state index is 0. The maximum Gasteiger partial charge on any atom is 0.250 e. The Morgan fingerprint density at radius 2 is 1.91 bits per heavy atom. The first-order chi connectivity index (χ1) is 15.0. The van der Waals surface area contributed by atoms with E-state index in [1.54, 1.807) is 23.7 Å². The van der Waals surface area contributed by atoms with Gasteiger partial charge in [-0.05, 0) is 23.1 Å². The smallest absolute Gasteiger partial charge is 0.250 e. The number of aliphatic imine (C=N–C) groups is 1. The molecule has 0 bridgehead atoms. The molecule has 0 saturated carbocycles. The Hall–Kier alpha value is -1.91. The third-order valence-corrected chi connectivity index (χ3v) is 5.30. The van der Waals surface area contributed by atoms with E-state index < -0.39 is 0 Å². The molecule has 176 valence electrons. The van der Waals surface area contributed by atoms with E-state index in [2.05, 4.69) is 58.6 Å². The van der Waals surface area contributed by atoms with Crippen LogP contribution in [0.3, 0.4) is 0 Å². The Morgan fingerprint density at radius 3 is 2.59 bits per heavy atom. The van der Waals surface area contributed by atoms with Gasteiger partial charge in [0.1, 0.15) is 0 Å². The summed E-state index contributed by atoms with van der Waals surface area (Å²) in [4.78, 5) is 18.7. The number of rotatable bonds is 8. The molecule has 1 fully saturated rings. The molecular formula is C24H36IN5O2. The summed E-state index contributed by atoms with van der Waals surface area (Å²) < 4.78 is 7.61. The highest BCUT2D eigenvalue weighted by Gasteiger charge is 2.21. The van der Waals surface area contributed by atoms with E-state index in [0.717, 1.165) is 49.9 Å². The number of hydrogen-bond donors (Lipinski definition) is 2. The predicted molar refractivity (Wildman–Crippen MR) is 141 cm³/mol. The standard InChI is InChI=1S/C24H35N5O2.HI/c1-19(2)16-28-12-13-31-22(18-28)15-27-24(25-3)26-14-20-7-9-21(10-8-20)17-29-11-5-4-6-23(29)30;/h4-11,19,22H,12-18H2,1-3H3,(H2,25,26,27);1H. The van der Waals surface area contributed by atoms with Gasteiger partial charge in [-0.25, -0.2) is 0 Å². The van der Waals surface area contributed by atoms with Gasteiger partial charge in [0.05, 0.1) is 19.3 Å². The van der Waals surface area contributed by atoms with Gasteiger partial charge in [0.25, 0.3) is 5.56 Å². The maximum atomic E-state index is 11.9. The Kier molecular flexibility index (Phi) is 11.2. The largest absolute Gasteiger partial charge is 0.374 e. The van der Waals surface area contributed by atoms with Gasteiger partial charge in [-0.3, -0.25) is 14.7 Å². The van der Waals surface area contributed by atoms with Crippen molar-refractivity contribution in [2.75, 3.05) is 39.8 Å². The number of halogens is 1. The minimum Gasteiger partial charge on any atom is -0.374 e. The SMILES string of the molecule is CN=C(NCc1ccc(Cn2ccccc2=O)cc1)NCC1CN(CC(C)C)CCO1.I. The molecular weight excluding hydrogens is 517 g/mol. The van der Waals surface area contributed by atoms with Crippen molar-refractivity contribution in [3.63, 3.8) is 0 Å². The van der Waals surface area contributed by atoms with Crippen LogP contribution in [0.15, 0.2) is 58.4 Å². The van der Waals surface area contributed by atoms with Crippen LogP contribution >= 0.6 is 24.0 Å². The van der Waals surface area contributed by atoms with Crippen LogP contribution < -0.4 is 16.2 Å². The zero-order valence-electron chi connectivity index (χ0n) is 19.3. The summed E-state index contributed by atoms with van der Waals surface area (Å²) in [5, 5.41) is 6.74. The molecule has 7 nitrogen and oxygen atoms in total. The zero-order chi connectivity index (χ0) is 22.1. The van der Waals surface area contributed by atoms with Crippen LogP contribution in [0.25, 0.3) is 0 Å². The van der Waals surface area contributed by atoms with Gasteiger partial charge in [0.2, 0.25) is 0 Å². The maximum absolute atomic E-state index is 11.9. The molecule has 2 heterocycles. The molecule has 0 spiro atoms. The van der Waals surface area contributed by atoms with E-state index in [-0.39, 0.29) is 35.6 Å². The molecule has 1 atom stereocenters. The van der Waals surface area contributed by atoms with Crippen molar-refractivity contribution in [3.05, 3.63) is 70.1 Å². The lowest BCUT2D eigenvalue weighted by Gasteiger charge is -2.34. The molecule has 0 radical (unpaired) electrons. The lowest BCUT2D eigenvalue weighted by molar-refractivity contribution is -0.0284. The molecule has 0 aliphatic carbocycles. The summed E-state index contributed by atoms with van der Waals surface area (Å²) in [5.74, 6) is 1.44. The van der Waals surface area contributed by atoms with Crippen molar-refractivity contribution >= 4 is 29.9 Å². The van der Waals surface area contributed by atoms with E-state index in [4.69, 9.17) is 4.74 Å². The van der Waals surface area contributed by atoms with Crippen LogP contribution in [0.5, 0.6) is 0 Å². The van der Waals surface area contributed by atoms with Crippen LogP contribution in [-0.2, 0) is 17.8 Å². The third-order valence-electron chi connectivity index (χ3n) is 5.30. The number of nitrogens with one attached hydrogen (secondary N) is 2. The van der Waals surface area contributed by atoms with Crippen molar-refractivity contribution in [2.45, 2.75) is 33.0 Å². The number of aromatic nitrogens is 1. The van der Waals surface area contributed by atoms with Crippen molar-refractivity contribution < 1.29 is 4.74 Å². The number of nitrogens with zero attached hydrogens (tertiary/aromatic N) is 3. The Labute approximate surface area is 208 Å². The molecule has 32 heavy (non-hydrogen) atoms. The first kappa shape index (κ1) is 26.3. The Bertz CT molecular complexity index is 898. The quantitative estimate of drug-likeness (QED) is 0.299. The summed E-state index contributed by atoms with van der Waals surface area (Å²) in [6.45, 7) is 10.4. The van der Waals surface area contributed by atoms with Gasteiger partial charge in [-0.2, -0.15) is 0 Å². The first-order valence-electron chi connectivity index (χ1n) is 11.0. The lowest BCUT2D eigenvalue weighted by Crippen LogP contribution is -2.50. The molecule has 8 heteroatoms. The number of pyridine rings is 1. The molecule has 2 N–H and O–H groups in total. The number of guanidine groups is 1. The second-order valence-electron chi connectivity index (χ2n) is 8.44. The van der Waals surface area contributed by atoms with Crippen molar-refractivity contribution in [1.82, 2.24) is 20.1 Å². The minimum atomic E-state index is 0. The van der Waals surface area contributed by atoms with E-state index in [0.29, 0.717) is 19.0 Å². The fourth-order valence-corrected chi connectivity index (χ4v) is 3.75. The van der Waals surface area contributed by atoms with Gasteiger partial charge in [0, 0.05) is 52.0 Å². The summed E-state index contributed by atoms with van der Waals surface area (Å²) in [7, 11) is 1.78. The molecule has 0 amide bonds. The monoisotopic (exact) mass is 553 g/mol. The van der Waals surface area contributed by atoms with Crippen LogP contribution in [-0.4, -0.2) is 61.4 Å². The van der Waals surface area contributed by atoms with E-state index in [1.165, 1.54) is 0 Å².